The van der Waals surface area contributed by atoms with Crippen molar-refractivity contribution in [1.29, 1.82) is 0 Å². The maximum Gasteiger partial charge on any atom is 0.331 e. The zero-order valence-corrected chi connectivity index (χ0v) is 18.6. The van der Waals surface area contributed by atoms with Crippen LogP contribution in [0.4, 0.5) is 0 Å². The highest BCUT2D eigenvalue weighted by atomic mass is 16.5. The monoisotopic (exact) mass is 416 g/mol. The molecule has 1 heterocycles. The number of ether oxygens (including phenoxy) is 2. The van der Waals surface area contributed by atoms with Crippen molar-refractivity contribution >= 4 is 11.9 Å². The number of aliphatic hydroxyl groups is 1. The Morgan fingerprint density at radius 2 is 1.90 bits per heavy atom. The lowest BCUT2D eigenvalue weighted by Crippen LogP contribution is -2.62. The van der Waals surface area contributed by atoms with E-state index in [1.807, 2.05) is 0 Å². The van der Waals surface area contributed by atoms with Gasteiger partial charge in [0, 0.05) is 18.4 Å². The van der Waals surface area contributed by atoms with Crippen molar-refractivity contribution in [1.82, 2.24) is 0 Å². The topological polar surface area (TPSA) is 72.8 Å². The van der Waals surface area contributed by atoms with Crippen LogP contribution in [-0.4, -0.2) is 35.4 Å². The largest absolute Gasteiger partial charge is 0.463 e. The number of rotatable bonds is 2. The average molecular weight is 417 g/mol. The van der Waals surface area contributed by atoms with Crippen LogP contribution in [0.25, 0.3) is 0 Å². The van der Waals surface area contributed by atoms with Crippen molar-refractivity contribution in [3.63, 3.8) is 0 Å². The summed E-state index contributed by atoms with van der Waals surface area (Å²) in [5.74, 6) is 1.29. The van der Waals surface area contributed by atoms with Gasteiger partial charge in [0.1, 0.15) is 12.7 Å². The second-order valence-corrected chi connectivity index (χ2v) is 11.3. The Bertz CT molecular complexity index is 788. The van der Waals surface area contributed by atoms with E-state index in [0.29, 0.717) is 24.4 Å². The minimum atomic E-state index is -0.659. The van der Waals surface area contributed by atoms with Gasteiger partial charge in [0.05, 0.1) is 5.60 Å². The van der Waals surface area contributed by atoms with Crippen LogP contribution in [0.3, 0.4) is 0 Å². The molecule has 0 aromatic heterocycles. The van der Waals surface area contributed by atoms with Gasteiger partial charge in [-0.3, -0.25) is 4.79 Å². The van der Waals surface area contributed by atoms with E-state index in [0.717, 1.165) is 63.4 Å². The van der Waals surface area contributed by atoms with Crippen LogP contribution in [0.5, 0.6) is 0 Å². The molecule has 4 saturated carbocycles. The van der Waals surface area contributed by atoms with E-state index in [4.69, 9.17) is 9.47 Å². The van der Waals surface area contributed by atoms with E-state index in [1.54, 1.807) is 6.08 Å². The first-order valence-corrected chi connectivity index (χ1v) is 11.9. The molecule has 5 aliphatic rings. The molecule has 5 heteroatoms. The Balaban J connectivity index is 1.40. The van der Waals surface area contributed by atoms with E-state index in [2.05, 4.69) is 13.8 Å². The SMILES string of the molecule is CC(=O)O[C@H]1CC[C@@]2(C)[C@H](CC[C@@H]3[C@@H]2CC[C@]2(C)[C@@H](C4=CC(=O)OC4)CC[C@@]32O)C1. The fourth-order valence-electron chi connectivity index (χ4n) is 8.71. The van der Waals surface area contributed by atoms with Crippen molar-refractivity contribution in [2.75, 3.05) is 6.61 Å². The predicted molar refractivity (Wildman–Crippen MR) is 111 cm³/mol. The van der Waals surface area contributed by atoms with Gasteiger partial charge in [-0.1, -0.05) is 13.8 Å². The molecule has 0 aromatic carbocycles. The van der Waals surface area contributed by atoms with Crippen molar-refractivity contribution in [2.24, 2.45) is 34.5 Å². The first kappa shape index (κ1) is 20.5. The standard InChI is InChI=1S/C25H36O5/c1-15(26)30-18-6-9-23(2)17(13-18)4-5-21-20(23)7-10-24(3)19(8-11-25(21,24)28)16-12-22(27)29-14-16/h12,17-21,28H,4-11,13-14H2,1-3H3/t17-,18+,19-,20+,21-,23+,24-,25-/m1/s1. The van der Waals surface area contributed by atoms with Gasteiger partial charge in [-0.15, -0.1) is 0 Å². The summed E-state index contributed by atoms with van der Waals surface area (Å²) in [6.45, 7) is 6.64. The normalized spacial score (nSPS) is 50.1. The van der Waals surface area contributed by atoms with E-state index in [1.165, 1.54) is 6.92 Å². The minimum Gasteiger partial charge on any atom is -0.463 e. The van der Waals surface area contributed by atoms with Gasteiger partial charge in [0.2, 0.25) is 0 Å². The molecule has 0 saturated heterocycles. The van der Waals surface area contributed by atoms with Crippen LogP contribution < -0.4 is 0 Å². The van der Waals surface area contributed by atoms with E-state index in [-0.39, 0.29) is 34.8 Å². The van der Waals surface area contributed by atoms with Gasteiger partial charge in [-0.05, 0) is 92.4 Å². The van der Waals surface area contributed by atoms with Crippen molar-refractivity contribution < 1.29 is 24.2 Å². The summed E-state index contributed by atoms with van der Waals surface area (Å²) < 4.78 is 10.8. The summed E-state index contributed by atoms with van der Waals surface area (Å²) in [6, 6.07) is 0. The molecule has 0 aromatic rings. The third-order valence-corrected chi connectivity index (χ3v) is 10.3. The fraction of sp³-hybridized carbons (Fsp3) is 0.840. The van der Waals surface area contributed by atoms with Crippen molar-refractivity contribution in [2.45, 2.75) is 90.3 Å². The van der Waals surface area contributed by atoms with Crippen molar-refractivity contribution in [3.8, 4) is 0 Å². The summed E-state index contributed by atoms with van der Waals surface area (Å²) in [4.78, 5) is 23.1. The molecule has 166 valence electrons. The Morgan fingerprint density at radius 3 is 2.60 bits per heavy atom. The van der Waals surface area contributed by atoms with E-state index >= 15 is 0 Å². The predicted octanol–water partition coefficient (Wildman–Crippen LogP) is 4.18. The second-order valence-electron chi connectivity index (χ2n) is 11.3. The maximum absolute atomic E-state index is 12.2. The molecule has 4 fully saturated rings. The molecular formula is C25H36O5. The minimum absolute atomic E-state index is 0.0665. The van der Waals surface area contributed by atoms with Gasteiger partial charge in [-0.25, -0.2) is 4.79 Å². The van der Waals surface area contributed by atoms with Crippen LogP contribution in [0.2, 0.25) is 0 Å². The average Bonchev–Trinajstić information content (AvgIpc) is 3.22. The number of esters is 2. The van der Waals surface area contributed by atoms with E-state index < -0.39 is 5.60 Å². The molecule has 0 spiro atoms. The Hall–Kier alpha value is -1.36. The number of hydrogen-bond acceptors (Lipinski definition) is 5. The first-order valence-electron chi connectivity index (χ1n) is 11.9. The highest BCUT2D eigenvalue weighted by Gasteiger charge is 2.67. The maximum atomic E-state index is 12.2. The van der Waals surface area contributed by atoms with E-state index in [9.17, 15) is 14.7 Å². The third-order valence-electron chi connectivity index (χ3n) is 10.3. The molecule has 0 unspecified atom stereocenters. The summed E-state index contributed by atoms with van der Waals surface area (Å²) in [5.41, 5.74) is 0.485. The van der Waals surface area contributed by atoms with Crippen LogP contribution in [0.15, 0.2) is 11.6 Å². The highest BCUT2D eigenvalue weighted by molar-refractivity contribution is 5.85. The summed E-state index contributed by atoms with van der Waals surface area (Å²) in [5, 5.41) is 12.2. The molecule has 5 rings (SSSR count). The Labute approximate surface area is 179 Å². The van der Waals surface area contributed by atoms with Crippen LogP contribution >= 0.6 is 0 Å². The van der Waals surface area contributed by atoms with Crippen LogP contribution in [0.1, 0.15) is 78.6 Å². The number of carbonyl (C=O) groups is 2. The fourth-order valence-corrected chi connectivity index (χ4v) is 8.71. The van der Waals surface area contributed by atoms with Crippen LogP contribution in [-0.2, 0) is 19.1 Å². The lowest BCUT2D eigenvalue weighted by molar-refractivity contribution is -0.209. The van der Waals surface area contributed by atoms with Gasteiger partial charge in [0.25, 0.3) is 0 Å². The first-order chi connectivity index (χ1) is 14.2. The molecule has 5 nitrogen and oxygen atoms in total. The number of carbonyl (C=O) groups excluding carboxylic acids is 2. The van der Waals surface area contributed by atoms with Gasteiger partial charge < -0.3 is 14.6 Å². The Morgan fingerprint density at radius 1 is 1.10 bits per heavy atom. The molecule has 1 aliphatic heterocycles. The summed E-state index contributed by atoms with van der Waals surface area (Å²) in [6.07, 6.45) is 10.9. The molecule has 1 N–H and O–H groups in total. The van der Waals surface area contributed by atoms with Gasteiger partial charge in [-0.2, -0.15) is 0 Å². The highest BCUT2D eigenvalue weighted by Crippen LogP contribution is 2.69. The smallest absolute Gasteiger partial charge is 0.331 e. The zero-order chi connectivity index (χ0) is 21.3. The molecule has 4 aliphatic carbocycles. The van der Waals surface area contributed by atoms with Gasteiger partial charge in [0.15, 0.2) is 0 Å². The molecule has 0 amide bonds. The van der Waals surface area contributed by atoms with Gasteiger partial charge >= 0.3 is 11.9 Å². The molecule has 8 atom stereocenters. The lowest BCUT2D eigenvalue weighted by Gasteiger charge is -2.63. The molecule has 0 radical (unpaired) electrons. The summed E-state index contributed by atoms with van der Waals surface area (Å²) >= 11 is 0. The van der Waals surface area contributed by atoms with Crippen LogP contribution in [0, 0.1) is 34.5 Å². The Kier molecular flexibility index (Phi) is 4.67. The molecule has 0 bridgehead atoms. The molecule has 30 heavy (non-hydrogen) atoms. The quantitative estimate of drug-likeness (QED) is 0.684. The summed E-state index contributed by atoms with van der Waals surface area (Å²) in [7, 11) is 0. The molecular weight excluding hydrogens is 380 g/mol. The number of fused-ring (bicyclic) bond motifs is 5. The lowest BCUT2D eigenvalue weighted by atomic mass is 9.43. The zero-order valence-electron chi connectivity index (χ0n) is 18.6. The second kappa shape index (κ2) is 6.82. The van der Waals surface area contributed by atoms with Crippen molar-refractivity contribution in [3.05, 3.63) is 11.6 Å². The number of hydrogen-bond donors (Lipinski definition) is 1. The number of cyclic esters (lactones) is 1. The third kappa shape index (κ3) is 2.76.